The molecule has 0 radical (unpaired) electrons. The molecule has 1 N–H and O–H groups in total. The number of halogens is 2. The molecule has 1 aliphatic carbocycles. The molecule has 0 spiro atoms. The van der Waals surface area contributed by atoms with E-state index < -0.39 is 0 Å². The van der Waals surface area contributed by atoms with Gasteiger partial charge < -0.3 is 5.11 Å². The molecule has 1 aliphatic rings. The lowest BCUT2D eigenvalue weighted by Gasteiger charge is -2.30. The molecule has 27 heavy (non-hydrogen) atoms. The molecular weight excluding hydrogens is 381 g/mol. The fourth-order valence-corrected chi connectivity index (χ4v) is 3.51. The highest BCUT2D eigenvalue weighted by molar-refractivity contribution is 6.42. The molecule has 0 aromatic heterocycles. The number of carbonyl (C=O) groups is 1. The number of rotatable bonds is 3. The van der Waals surface area contributed by atoms with Crippen LogP contribution in [0.15, 0.2) is 58.8 Å². The van der Waals surface area contributed by atoms with E-state index in [0.717, 1.165) is 5.56 Å². The zero-order chi connectivity index (χ0) is 19.8. The smallest absolute Gasteiger partial charge is 0.168 e. The summed E-state index contributed by atoms with van der Waals surface area (Å²) in [6.07, 6.45) is 0.767. The van der Waals surface area contributed by atoms with Crippen LogP contribution in [0, 0.1) is 12.3 Å². The normalized spacial score (nSPS) is 17.4. The van der Waals surface area contributed by atoms with Crippen molar-refractivity contribution in [2.45, 2.75) is 33.6 Å². The molecule has 0 saturated heterocycles. The van der Waals surface area contributed by atoms with Gasteiger partial charge >= 0.3 is 0 Å². The molecule has 140 valence electrons. The van der Waals surface area contributed by atoms with Gasteiger partial charge in [0.2, 0.25) is 0 Å². The highest BCUT2D eigenvalue weighted by atomic mass is 35.5. The van der Waals surface area contributed by atoms with Crippen molar-refractivity contribution in [1.29, 1.82) is 0 Å². The Bertz CT molecular complexity index is 957. The van der Waals surface area contributed by atoms with Crippen LogP contribution in [0.25, 0.3) is 0 Å². The zero-order valence-electron chi connectivity index (χ0n) is 15.5. The van der Waals surface area contributed by atoms with Gasteiger partial charge in [0.25, 0.3) is 0 Å². The second kappa shape index (κ2) is 7.49. The molecule has 0 amide bonds. The van der Waals surface area contributed by atoms with Crippen LogP contribution in [0.4, 0.5) is 5.69 Å². The highest BCUT2D eigenvalue weighted by Crippen LogP contribution is 2.38. The van der Waals surface area contributed by atoms with Gasteiger partial charge in [0.1, 0.15) is 5.76 Å². The molecule has 0 heterocycles. The molecule has 0 saturated carbocycles. The Balaban J connectivity index is 2.20. The minimum atomic E-state index is -0.280. The van der Waals surface area contributed by atoms with Crippen LogP contribution in [-0.2, 0) is 4.79 Å². The summed E-state index contributed by atoms with van der Waals surface area (Å²) in [7, 11) is 0. The number of aliphatic imine (C=N–C) groups is 1. The van der Waals surface area contributed by atoms with Gasteiger partial charge in [0.15, 0.2) is 5.78 Å². The van der Waals surface area contributed by atoms with E-state index in [0.29, 0.717) is 39.8 Å². The molecule has 3 rings (SSSR count). The SMILES string of the molecule is Cc1ccc(N=C(C2=C(O)CC(C)(C)CC2=O)c2ccc(Cl)c(Cl)c2)cc1. The number of nitrogens with zero attached hydrogens (tertiary/aromatic N) is 1. The molecular formula is C22H21Cl2NO2. The van der Waals surface area contributed by atoms with E-state index >= 15 is 0 Å². The number of Topliss-reactive ketones (excluding diaryl/α,β-unsaturated/α-hetero) is 1. The first kappa shape index (κ1) is 19.7. The lowest BCUT2D eigenvalue weighted by atomic mass is 9.75. The van der Waals surface area contributed by atoms with Gasteiger partial charge in [-0.25, -0.2) is 4.99 Å². The Morgan fingerprint density at radius 2 is 1.70 bits per heavy atom. The summed E-state index contributed by atoms with van der Waals surface area (Å²) < 4.78 is 0. The van der Waals surface area contributed by atoms with E-state index in [9.17, 15) is 9.90 Å². The predicted molar refractivity (Wildman–Crippen MR) is 112 cm³/mol. The van der Waals surface area contributed by atoms with Gasteiger partial charge in [-0.1, -0.05) is 60.8 Å². The molecule has 0 fully saturated rings. The zero-order valence-corrected chi connectivity index (χ0v) is 17.0. The Hall–Kier alpha value is -2.10. The van der Waals surface area contributed by atoms with Crippen molar-refractivity contribution in [3.05, 3.63) is 75.0 Å². The summed E-state index contributed by atoms with van der Waals surface area (Å²) >= 11 is 12.2. The molecule has 0 unspecified atom stereocenters. The van der Waals surface area contributed by atoms with Crippen molar-refractivity contribution in [2.24, 2.45) is 10.4 Å². The minimum absolute atomic E-state index is 0.0631. The number of ketones is 1. The van der Waals surface area contributed by atoms with Crippen LogP contribution in [-0.4, -0.2) is 16.6 Å². The summed E-state index contributed by atoms with van der Waals surface area (Å²) in [5, 5.41) is 11.5. The molecule has 2 aromatic rings. The number of benzene rings is 2. The first-order chi connectivity index (χ1) is 12.7. The first-order valence-corrected chi connectivity index (χ1v) is 9.48. The van der Waals surface area contributed by atoms with E-state index in [2.05, 4.69) is 4.99 Å². The lowest BCUT2D eigenvalue weighted by molar-refractivity contribution is -0.117. The Morgan fingerprint density at radius 3 is 2.30 bits per heavy atom. The van der Waals surface area contributed by atoms with Crippen molar-refractivity contribution in [3.8, 4) is 0 Å². The van der Waals surface area contributed by atoms with Gasteiger partial charge in [-0.15, -0.1) is 0 Å². The van der Waals surface area contributed by atoms with E-state index in [1.165, 1.54) is 0 Å². The van der Waals surface area contributed by atoms with Gasteiger partial charge in [-0.2, -0.15) is 0 Å². The maximum atomic E-state index is 12.9. The van der Waals surface area contributed by atoms with Gasteiger partial charge in [-0.05, 0) is 36.6 Å². The molecule has 3 nitrogen and oxygen atoms in total. The minimum Gasteiger partial charge on any atom is -0.511 e. The van der Waals surface area contributed by atoms with Crippen molar-refractivity contribution < 1.29 is 9.90 Å². The third kappa shape index (κ3) is 4.42. The second-order valence-corrected chi connectivity index (χ2v) is 8.50. The Morgan fingerprint density at radius 1 is 1.04 bits per heavy atom. The summed E-state index contributed by atoms with van der Waals surface area (Å²) in [5.74, 6) is -0.0612. The van der Waals surface area contributed by atoms with E-state index in [-0.39, 0.29) is 22.5 Å². The Kier molecular flexibility index (Phi) is 5.45. The van der Waals surface area contributed by atoms with Crippen molar-refractivity contribution >= 4 is 40.4 Å². The Labute approximate surface area is 169 Å². The summed E-state index contributed by atoms with van der Waals surface area (Å²) in [5.41, 5.74) is 2.84. The molecule has 0 aliphatic heterocycles. The van der Waals surface area contributed by atoms with Crippen LogP contribution < -0.4 is 0 Å². The third-order valence-corrected chi connectivity index (χ3v) is 5.30. The van der Waals surface area contributed by atoms with Crippen molar-refractivity contribution in [1.82, 2.24) is 0 Å². The van der Waals surface area contributed by atoms with Crippen LogP contribution in [0.3, 0.4) is 0 Å². The maximum absolute atomic E-state index is 12.9. The molecule has 0 bridgehead atoms. The highest BCUT2D eigenvalue weighted by Gasteiger charge is 2.35. The third-order valence-electron chi connectivity index (χ3n) is 4.56. The number of aryl methyl sites for hydroxylation is 1. The lowest BCUT2D eigenvalue weighted by Crippen LogP contribution is -2.29. The van der Waals surface area contributed by atoms with Gasteiger partial charge in [0.05, 0.1) is 27.0 Å². The fraction of sp³-hybridized carbons (Fsp3) is 0.273. The number of carbonyl (C=O) groups excluding carboxylic acids is 1. The van der Waals surface area contributed by atoms with Crippen molar-refractivity contribution in [3.63, 3.8) is 0 Å². The predicted octanol–water partition coefficient (Wildman–Crippen LogP) is 6.62. The summed E-state index contributed by atoms with van der Waals surface area (Å²) in [6.45, 7) is 5.93. The number of allylic oxidation sites excluding steroid dienone is 2. The quantitative estimate of drug-likeness (QED) is 0.586. The molecule has 0 atom stereocenters. The maximum Gasteiger partial charge on any atom is 0.168 e. The summed E-state index contributed by atoms with van der Waals surface area (Å²) in [6, 6.07) is 12.7. The van der Waals surface area contributed by atoms with E-state index in [4.69, 9.17) is 23.2 Å². The number of aliphatic hydroxyl groups is 1. The fourth-order valence-electron chi connectivity index (χ4n) is 3.21. The molecule has 2 aromatic carbocycles. The largest absolute Gasteiger partial charge is 0.511 e. The van der Waals surface area contributed by atoms with E-state index in [1.54, 1.807) is 18.2 Å². The van der Waals surface area contributed by atoms with Gasteiger partial charge in [-0.3, -0.25) is 4.79 Å². The first-order valence-electron chi connectivity index (χ1n) is 8.73. The number of hydrogen-bond acceptors (Lipinski definition) is 3. The molecule has 5 heteroatoms. The average molecular weight is 402 g/mol. The van der Waals surface area contributed by atoms with Crippen LogP contribution in [0.5, 0.6) is 0 Å². The van der Waals surface area contributed by atoms with Gasteiger partial charge in [0, 0.05) is 18.4 Å². The average Bonchev–Trinajstić information content (AvgIpc) is 2.56. The van der Waals surface area contributed by atoms with Crippen LogP contribution in [0.1, 0.15) is 37.8 Å². The standard InChI is InChI=1S/C22H21Cl2NO2/c1-13-4-7-15(8-5-13)25-21(14-6-9-16(23)17(24)10-14)20-18(26)11-22(2,3)12-19(20)27/h4-10,26H,11-12H2,1-3H3. The monoisotopic (exact) mass is 401 g/mol. The van der Waals surface area contributed by atoms with E-state index in [1.807, 2.05) is 45.0 Å². The summed E-state index contributed by atoms with van der Waals surface area (Å²) in [4.78, 5) is 17.6. The number of hydrogen-bond donors (Lipinski definition) is 1. The second-order valence-electron chi connectivity index (χ2n) is 7.69. The van der Waals surface area contributed by atoms with Crippen molar-refractivity contribution in [2.75, 3.05) is 0 Å². The number of aliphatic hydroxyl groups excluding tert-OH is 1. The van der Waals surface area contributed by atoms with Crippen LogP contribution >= 0.6 is 23.2 Å². The topological polar surface area (TPSA) is 49.7 Å². The van der Waals surface area contributed by atoms with Crippen LogP contribution in [0.2, 0.25) is 10.0 Å².